The summed E-state index contributed by atoms with van der Waals surface area (Å²) in [5.41, 5.74) is 1.32. The zero-order valence-electron chi connectivity index (χ0n) is 11.8. The van der Waals surface area contributed by atoms with Gasteiger partial charge >= 0.3 is 5.97 Å². The molecule has 0 radical (unpaired) electrons. The van der Waals surface area contributed by atoms with Gasteiger partial charge in [0.2, 0.25) is 0 Å². The number of rotatable bonds is 5. The highest BCUT2D eigenvalue weighted by Crippen LogP contribution is 2.27. The highest BCUT2D eigenvalue weighted by Gasteiger charge is 2.35. The van der Waals surface area contributed by atoms with Crippen LogP contribution in [0, 0.1) is 5.92 Å². The lowest BCUT2D eigenvalue weighted by Crippen LogP contribution is -2.46. The van der Waals surface area contributed by atoms with Crippen LogP contribution in [-0.4, -0.2) is 38.0 Å². The minimum absolute atomic E-state index is 0.0899. The first-order valence-electron chi connectivity index (χ1n) is 7.09. The van der Waals surface area contributed by atoms with Crippen LogP contribution in [0.3, 0.4) is 0 Å². The molecule has 0 unspecified atom stereocenters. The highest BCUT2D eigenvalue weighted by atomic mass is 16.4. The van der Waals surface area contributed by atoms with Crippen LogP contribution in [0.25, 0.3) is 0 Å². The molecule has 1 heterocycles. The van der Waals surface area contributed by atoms with E-state index in [1.54, 1.807) is 10.9 Å². The number of carboxylic acid groups (broad SMARTS) is 1. The van der Waals surface area contributed by atoms with E-state index < -0.39 is 5.97 Å². The molecule has 0 saturated heterocycles. The summed E-state index contributed by atoms with van der Waals surface area (Å²) in [4.78, 5) is 22.7. The SMILES string of the molecule is O=C(NC1CC(C(=O)O)C1)c1cn(Cc2ccccc2)nn1. The number of carbonyl (C=O) groups is 2. The molecule has 0 bridgehead atoms. The molecule has 1 aliphatic carbocycles. The summed E-state index contributed by atoms with van der Waals surface area (Å²) >= 11 is 0. The zero-order valence-corrected chi connectivity index (χ0v) is 11.8. The third kappa shape index (κ3) is 3.13. The molecule has 1 aromatic carbocycles. The molecular formula is C15H16N4O3. The van der Waals surface area contributed by atoms with Gasteiger partial charge in [0.05, 0.1) is 18.7 Å². The van der Waals surface area contributed by atoms with Crippen molar-refractivity contribution in [1.29, 1.82) is 0 Å². The monoisotopic (exact) mass is 300 g/mol. The summed E-state index contributed by atoms with van der Waals surface area (Å²) in [5.74, 6) is -1.47. The standard InChI is InChI=1S/C15H16N4O3/c20-14(16-12-6-11(7-12)15(21)22)13-9-19(18-17-13)8-10-4-2-1-3-5-10/h1-5,9,11-12H,6-8H2,(H,16,20)(H,21,22). The summed E-state index contributed by atoms with van der Waals surface area (Å²) in [5, 5.41) is 19.4. The van der Waals surface area contributed by atoms with Gasteiger partial charge in [0, 0.05) is 6.04 Å². The smallest absolute Gasteiger partial charge is 0.306 e. The third-order valence-electron chi connectivity index (χ3n) is 3.78. The number of aliphatic carboxylic acids is 1. The first-order valence-corrected chi connectivity index (χ1v) is 7.09. The van der Waals surface area contributed by atoms with Gasteiger partial charge in [0.25, 0.3) is 5.91 Å². The topological polar surface area (TPSA) is 97.1 Å². The van der Waals surface area contributed by atoms with Crippen molar-refractivity contribution in [2.24, 2.45) is 5.92 Å². The maximum absolute atomic E-state index is 12.0. The van der Waals surface area contributed by atoms with Crippen LogP contribution in [0.4, 0.5) is 0 Å². The second kappa shape index (κ2) is 5.97. The van der Waals surface area contributed by atoms with Gasteiger partial charge in [0.15, 0.2) is 5.69 Å². The van der Waals surface area contributed by atoms with Crippen molar-refractivity contribution >= 4 is 11.9 Å². The van der Waals surface area contributed by atoms with Crippen molar-refractivity contribution in [3.63, 3.8) is 0 Å². The molecule has 7 heteroatoms. The summed E-state index contributed by atoms with van der Waals surface area (Å²) in [6, 6.07) is 9.68. The van der Waals surface area contributed by atoms with E-state index in [1.807, 2.05) is 30.3 Å². The molecule has 22 heavy (non-hydrogen) atoms. The Labute approximate surface area is 126 Å². The number of carbonyl (C=O) groups excluding carboxylic acids is 1. The molecule has 1 amide bonds. The van der Waals surface area contributed by atoms with E-state index in [0.717, 1.165) is 5.56 Å². The van der Waals surface area contributed by atoms with E-state index in [0.29, 0.717) is 19.4 Å². The van der Waals surface area contributed by atoms with Crippen molar-refractivity contribution in [2.45, 2.75) is 25.4 Å². The summed E-state index contributed by atoms with van der Waals surface area (Å²) in [6.07, 6.45) is 2.54. The van der Waals surface area contributed by atoms with E-state index in [1.165, 1.54) is 0 Å². The van der Waals surface area contributed by atoms with Crippen LogP contribution >= 0.6 is 0 Å². The average Bonchev–Trinajstić information content (AvgIpc) is 2.91. The fraction of sp³-hybridized carbons (Fsp3) is 0.333. The molecule has 2 aromatic rings. The number of aromatic nitrogens is 3. The molecular weight excluding hydrogens is 284 g/mol. The van der Waals surface area contributed by atoms with Crippen LogP contribution in [0.2, 0.25) is 0 Å². The molecule has 7 nitrogen and oxygen atoms in total. The van der Waals surface area contributed by atoms with Crippen LogP contribution in [0.1, 0.15) is 28.9 Å². The van der Waals surface area contributed by atoms with E-state index in [2.05, 4.69) is 15.6 Å². The molecule has 2 N–H and O–H groups in total. The molecule has 0 aliphatic heterocycles. The van der Waals surface area contributed by atoms with Crippen molar-refractivity contribution in [3.05, 3.63) is 47.8 Å². The van der Waals surface area contributed by atoms with E-state index in [9.17, 15) is 9.59 Å². The van der Waals surface area contributed by atoms with Gasteiger partial charge in [-0.1, -0.05) is 35.5 Å². The lowest BCUT2D eigenvalue weighted by molar-refractivity contribution is -0.145. The number of amides is 1. The van der Waals surface area contributed by atoms with Crippen LogP contribution < -0.4 is 5.32 Å². The molecule has 0 spiro atoms. The molecule has 114 valence electrons. The number of carboxylic acids is 1. The quantitative estimate of drug-likeness (QED) is 0.855. The molecule has 3 rings (SSSR count). The second-order valence-corrected chi connectivity index (χ2v) is 5.46. The number of nitrogens with one attached hydrogen (secondary N) is 1. The minimum Gasteiger partial charge on any atom is -0.481 e. The number of nitrogens with zero attached hydrogens (tertiary/aromatic N) is 3. The van der Waals surface area contributed by atoms with Gasteiger partial charge in [-0.25, -0.2) is 4.68 Å². The Morgan fingerprint density at radius 1 is 1.27 bits per heavy atom. The predicted molar refractivity (Wildman–Crippen MR) is 77.2 cm³/mol. The van der Waals surface area contributed by atoms with Crippen molar-refractivity contribution in [1.82, 2.24) is 20.3 Å². The molecule has 1 saturated carbocycles. The van der Waals surface area contributed by atoms with E-state index in [-0.39, 0.29) is 23.6 Å². The summed E-state index contributed by atoms with van der Waals surface area (Å²) in [6.45, 7) is 0.547. The van der Waals surface area contributed by atoms with Crippen molar-refractivity contribution in [2.75, 3.05) is 0 Å². The fourth-order valence-electron chi connectivity index (χ4n) is 2.45. The average molecular weight is 300 g/mol. The Balaban J connectivity index is 1.55. The predicted octanol–water partition coefficient (Wildman–Crippen LogP) is 0.919. The van der Waals surface area contributed by atoms with Gasteiger partial charge < -0.3 is 10.4 Å². The Morgan fingerprint density at radius 2 is 2.00 bits per heavy atom. The zero-order chi connectivity index (χ0) is 15.5. The van der Waals surface area contributed by atoms with Gasteiger partial charge in [-0.15, -0.1) is 5.10 Å². The Bertz CT molecular complexity index is 677. The number of benzene rings is 1. The van der Waals surface area contributed by atoms with Gasteiger partial charge in [-0.3, -0.25) is 9.59 Å². The van der Waals surface area contributed by atoms with Crippen molar-refractivity contribution in [3.8, 4) is 0 Å². The number of hydrogen-bond acceptors (Lipinski definition) is 4. The fourth-order valence-corrected chi connectivity index (χ4v) is 2.45. The first-order chi connectivity index (χ1) is 10.6. The van der Waals surface area contributed by atoms with Gasteiger partial charge in [-0.2, -0.15) is 0 Å². The molecule has 0 atom stereocenters. The lowest BCUT2D eigenvalue weighted by atomic mass is 9.80. The molecule has 1 aromatic heterocycles. The normalized spacial score (nSPS) is 20.2. The Kier molecular flexibility index (Phi) is 3.86. The second-order valence-electron chi connectivity index (χ2n) is 5.46. The largest absolute Gasteiger partial charge is 0.481 e. The molecule has 1 fully saturated rings. The van der Waals surface area contributed by atoms with Crippen LogP contribution in [-0.2, 0) is 11.3 Å². The van der Waals surface area contributed by atoms with E-state index >= 15 is 0 Å². The van der Waals surface area contributed by atoms with E-state index in [4.69, 9.17) is 5.11 Å². The molecule has 1 aliphatic rings. The van der Waals surface area contributed by atoms with Gasteiger partial charge in [0.1, 0.15) is 0 Å². The number of hydrogen-bond donors (Lipinski definition) is 2. The minimum atomic E-state index is -0.806. The lowest BCUT2D eigenvalue weighted by Gasteiger charge is -2.32. The van der Waals surface area contributed by atoms with Crippen LogP contribution in [0.5, 0.6) is 0 Å². The van der Waals surface area contributed by atoms with Gasteiger partial charge in [-0.05, 0) is 18.4 Å². The van der Waals surface area contributed by atoms with Crippen molar-refractivity contribution < 1.29 is 14.7 Å². The van der Waals surface area contributed by atoms with Crippen LogP contribution in [0.15, 0.2) is 36.5 Å². The maximum atomic E-state index is 12.0. The maximum Gasteiger partial charge on any atom is 0.306 e. The Hall–Kier alpha value is -2.70. The summed E-state index contributed by atoms with van der Waals surface area (Å²) in [7, 11) is 0. The third-order valence-corrected chi connectivity index (χ3v) is 3.78. The summed E-state index contributed by atoms with van der Waals surface area (Å²) < 4.78 is 1.60. The first kappa shape index (κ1) is 14.2. The highest BCUT2D eigenvalue weighted by molar-refractivity contribution is 5.92. The Morgan fingerprint density at radius 3 is 2.68 bits per heavy atom.